The van der Waals surface area contributed by atoms with Gasteiger partial charge in [-0.2, -0.15) is 0 Å². The Morgan fingerprint density at radius 1 is 1.47 bits per heavy atom. The van der Waals surface area contributed by atoms with Crippen LogP contribution in [0, 0.1) is 0 Å². The molecule has 0 aliphatic carbocycles. The minimum atomic E-state index is -0.0106. The van der Waals surface area contributed by atoms with Gasteiger partial charge in [0, 0.05) is 25.6 Å². The molecule has 4 nitrogen and oxygen atoms in total. The standard InChI is InChI=1S/C13H18ClN3O.ClH/c14-11-3-1-2-4-12(11)16-13(18)6-8-17-7-5-10(15)9-17;/h1-4,10H,5-9,15H2,(H,16,18);1H/t10-;/m1./s1. The zero-order chi connectivity index (χ0) is 13.0. The summed E-state index contributed by atoms with van der Waals surface area (Å²) in [6.07, 6.45) is 1.49. The van der Waals surface area contributed by atoms with Gasteiger partial charge in [-0.1, -0.05) is 23.7 Å². The van der Waals surface area contributed by atoms with E-state index in [1.165, 1.54) is 0 Å². The van der Waals surface area contributed by atoms with Crippen LogP contribution in [-0.4, -0.2) is 36.5 Å². The number of hydrogen-bond donors (Lipinski definition) is 2. The minimum absolute atomic E-state index is 0. The molecule has 0 aromatic heterocycles. The minimum Gasteiger partial charge on any atom is -0.326 e. The van der Waals surface area contributed by atoms with Crippen LogP contribution in [0.1, 0.15) is 12.8 Å². The summed E-state index contributed by atoms with van der Waals surface area (Å²) in [6, 6.07) is 7.50. The number of carbonyl (C=O) groups excluding carboxylic acids is 1. The van der Waals surface area contributed by atoms with E-state index in [2.05, 4.69) is 10.2 Å². The molecule has 1 heterocycles. The lowest BCUT2D eigenvalue weighted by Crippen LogP contribution is -2.29. The Kier molecular flexibility index (Phi) is 6.58. The van der Waals surface area contributed by atoms with Crippen LogP contribution in [0.15, 0.2) is 24.3 Å². The van der Waals surface area contributed by atoms with Crippen LogP contribution in [0.2, 0.25) is 5.02 Å². The van der Waals surface area contributed by atoms with E-state index < -0.39 is 0 Å². The molecule has 1 aliphatic heterocycles. The number of hydrogen-bond acceptors (Lipinski definition) is 3. The highest BCUT2D eigenvalue weighted by Crippen LogP contribution is 2.20. The fourth-order valence-electron chi connectivity index (χ4n) is 2.10. The summed E-state index contributed by atoms with van der Waals surface area (Å²) in [5, 5.41) is 3.38. The van der Waals surface area contributed by atoms with Crippen molar-refractivity contribution in [2.75, 3.05) is 25.0 Å². The number of halogens is 2. The lowest BCUT2D eigenvalue weighted by atomic mass is 10.3. The third-order valence-corrected chi connectivity index (χ3v) is 3.44. The molecule has 1 aromatic carbocycles. The monoisotopic (exact) mass is 303 g/mol. The van der Waals surface area contributed by atoms with E-state index in [0.29, 0.717) is 17.1 Å². The first-order valence-electron chi connectivity index (χ1n) is 6.17. The molecule has 1 aliphatic rings. The number of rotatable bonds is 4. The van der Waals surface area contributed by atoms with Crippen molar-refractivity contribution in [3.8, 4) is 0 Å². The van der Waals surface area contributed by atoms with Crippen LogP contribution in [-0.2, 0) is 4.79 Å². The predicted molar refractivity (Wildman–Crippen MR) is 81.0 cm³/mol. The molecule has 1 atom stereocenters. The smallest absolute Gasteiger partial charge is 0.225 e. The van der Waals surface area contributed by atoms with Crippen LogP contribution in [0.5, 0.6) is 0 Å². The third-order valence-electron chi connectivity index (χ3n) is 3.11. The second kappa shape index (κ2) is 7.70. The maximum absolute atomic E-state index is 11.8. The number of nitrogens with zero attached hydrogens (tertiary/aromatic N) is 1. The van der Waals surface area contributed by atoms with E-state index in [9.17, 15) is 4.79 Å². The molecule has 0 radical (unpaired) electrons. The second-order valence-corrected chi connectivity index (χ2v) is 5.03. The lowest BCUT2D eigenvalue weighted by molar-refractivity contribution is -0.116. The van der Waals surface area contributed by atoms with Crippen LogP contribution < -0.4 is 11.1 Å². The van der Waals surface area contributed by atoms with Gasteiger partial charge in [-0.3, -0.25) is 4.79 Å². The van der Waals surface area contributed by atoms with E-state index in [1.807, 2.05) is 12.1 Å². The average molecular weight is 304 g/mol. The molecule has 3 N–H and O–H groups in total. The number of anilines is 1. The van der Waals surface area contributed by atoms with Crippen molar-refractivity contribution in [3.05, 3.63) is 29.3 Å². The molecular weight excluding hydrogens is 285 g/mol. The van der Waals surface area contributed by atoms with Gasteiger partial charge in [0.2, 0.25) is 5.91 Å². The molecule has 0 unspecified atom stereocenters. The average Bonchev–Trinajstić information content (AvgIpc) is 2.76. The van der Waals surface area contributed by atoms with Crippen molar-refractivity contribution >= 4 is 35.6 Å². The largest absolute Gasteiger partial charge is 0.326 e. The van der Waals surface area contributed by atoms with Gasteiger partial charge in [-0.25, -0.2) is 0 Å². The van der Waals surface area contributed by atoms with Gasteiger partial charge in [-0.15, -0.1) is 12.4 Å². The van der Waals surface area contributed by atoms with Gasteiger partial charge in [0.15, 0.2) is 0 Å². The van der Waals surface area contributed by atoms with Gasteiger partial charge in [0.25, 0.3) is 0 Å². The van der Waals surface area contributed by atoms with E-state index in [0.717, 1.165) is 26.1 Å². The molecule has 0 bridgehead atoms. The first kappa shape index (κ1) is 16.2. The molecule has 6 heteroatoms. The van der Waals surface area contributed by atoms with Crippen LogP contribution in [0.3, 0.4) is 0 Å². The number of para-hydroxylation sites is 1. The molecule has 1 aromatic rings. The van der Waals surface area contributed by atoms with Gasteiger partial charge < -0.3 is 16.0 Å². The molecule has 1 fully saturated rings. The van der Waals surface area contributed by atoms with Crippen molar-refractivity contribution in [1.82, 2.24) is 4.90 Å². The fourth-order valence-corrected chi connectivity index (χ4v) is 2.28. The highest BCUT2D eigenvalue weighted by Gasteiger charge is 2.19. The number of amides is 1. The summed E-state index contributed by atoms with van der Waals surface area (Å²) in [5.41, 5.74) is 6.48. The van der Waals surface area contributed by atoms with Crippen molar-refractivity contribution < 1.29 is 4.79 Å². The molecule has 0 saturated carbocycles. The normalized spacial score (nSPS) is 18.9. The molecule has 0 spiro atoms. The quantitative estimate of drug-likeness (QED) is 0.896. The van der Waals surface area contributed by atoms with Gasteiger partial charge in [-0.05, 0) is 25.1 Å². The number of benzene rings is 1. The van der Waals surface area contributed by atoms with E-state index >= 15 is 0 Å². The maximum Gasteiger partial charge on any atom is 0.225 e. The third kappa shape index (κ3) is 4.99. The fraction of sp³-hybridized carbons (Fsp3) is 0.462. The van der Waals surface area contributed by atoms with E-state index in [1.54, 1.807) is 12.1 Å². The Morgan fingerprint density at radius 2 is 2.21 bits per heavy atom. The second-order valence-electron chi connectivity index (χ2n) is 4.63. The topological polar surface area (TPSA) is 58.4 Å². The van der Waals surface area contributed by atoms with E-state index in [-0.39, 0.29) is 24.4 Å². The number of likely N-dealkylation sites (tertiary alicyclic amines) is 1. The van der Waals surface area contributed by atoms with Gasteiger partial charge in [0.1, 0.15) is 0 Å². The molecular formula is C13H19Cl2N3O. The molecule has 1 amide bonds. The SMILES string of the molecule is Cl.N[C@@H]1CCN(CCC(=O)Nc2ccccc2Cl)C1. The lowest BCUT2D eigenvalue weighted by Gasteiger charge is -2.14. The van der Waals surface area contributed by atoms with Crippen LogP contribution >= 0.6 is 24.0 Å². The Labute approximate surface area is 124 Å². The molecule has 1 saturated heterocycles. The Hall–Kier alpha value is -0.810. The Balaban J connectivity index is 0.00000180. The summed E-state index contributed by atoms with van der Waals surface area (Å²) >= 11 is 5.97. The predicted octanol–water partition coefficient (Wildman–Crippen LogP) is 2.12. The molecule has 2 rings (SSSR count). The van der Waals surface area contributed by atoms with Crippen molar-refractivity contribution in [2.45, 2.75) is 18.9 Å². The summed E-state index contributed by atoms with van der Waals surface area (Å²) < 4.78 is 0. The highest BCUT2D eigenvalue weighted by atomic mass is 35.5. The zero-order valence-electron chi connectivity index (χ0n) is 10.6. The van der Waals surface area contributed by atoms with Crippen molar-refractivity contribution in [3.63, 3.8) is 0 Å². The first-order valence-corrected chi connectivity index (χ1v) is 6.55. The zero-order valence-corrected chi connectivity index (χ0v) is 12.2. The van der Waals surface area contributed by atoms with E-state index in [4.69, 9.17) is 17.3 Å². The Bertz CT molecular complexity index is 428. The first-order chi connectivity index (χ1) is 8.65. The van der Waals surface area contributed by atoms with Gasteiger partial charge >= 0.3 is 0 Å². The molecule has 19 heavy (non-hydrogen) atoms. The summed E-state index contributed by atoms with van der Waals surface area (Å²) in [6.45, 7) is 2.63. The maximum atomic E-state index is 11.8. The van der Waals surface area contributed by atoms with Crippen LogP contribution in [0.4, 0.5) is 5.69 Å². The summed E-state index contributed by atoms with van der Waals surface area (Å²) in [4.78, 5) is 14.0. The van der Waals surface area contributed by atoms with Crippen molar-refractivity contribution in [2.24, 2.45) is 5.73 Å². The van der Waals surface area contributed by atoms with Gasteiger partial charge in [0.05, 0.1) is 10.7 Å². The highest BCUT2D eigenvalue weighted by molar-refractivity contribution is 6.33. The Morgan fingerprint density at radius 3 is 2.84 bits per heavy atom. The number of carbonyl (C=O) groups is 1. The summed E-state index contributed by atoms with van der Waals surface area (Å²) in [7, 11) is 0. The molecule has 106 valence electrons. The summed E-state index contributed by atoms with van der Waals surface area (Å²) in [5.74, 6) is -0.0106. The number of nitrogens with one attached hydrogen (secondary N) is 1. The number of nitrogens with two attached hydrogens (primary N) is 1. The van der Waals surface area contributed by atoms with Crippen molar-refractivity contribution in [1.29, 1.82) is 0 Å². The van der Waals surface area contributed by atoms with Crippen LogP contribution in [0.25, 0.3) is 0 Å².